The fourth-order valence-corrected chi connectivity index (χ4v) is 4.26. The first-order valence-electron chi connectivity index (χ1n) is 9.00. The molecule has 0 heterocycles. The minimum atomic E-state index is -3.87. The van der Waals surface area contributed by atoms with E-state index < -0.39 is 16.0 Å². The summed E-state index contributed by atoms with van der Waals surface area (Å²) in [6.45, 7) is 9.74. The van der Waals surface area contributed by atoms with Crippen LogP contribution in [0.15, 0.2) is 60.0 Å². The van der Waals surface area contributed by atoms with Gasteiger partial charge in [0.25, 0.3) is 10.0 Å². The van der Waals surface area contributed by atoms with Crippen LogP contribution in [0.1, 0.15) is 29.8 Å². The molecule has 0 aromatic heterocycles. The summed E-state index contributed by atoms with van der Waals surface area (Å²) in [6.07, 6.45) is 1.50. The van der Waals surface area contributed by atoms with Gasteiger partial charge in [0.1, 0.15) is 5.75 Å². The standard InChI is InChI=1S/C21H25NO5S/c1-5-15-22(20-10-8-9-19(16(20)4)21(23)27-7-3)28(24,25)18-13-11-17(12-14-18)26-6-2/h5,8-14H,1,6-7,15H2,2-4H3. The second-order valence-electron chi connectivity index (χ2n) is 5.90. The van der Waals surface area contributed by atoms with Crippen LogP contribution in [0, 0.1) is 6.92 Å². The van der Waals surface area contributed by atoms with Gasteiger partial charge in [-0.25, -0.2) is 13.2 Å². The molecule has 0 N–H and O–H groups in total. The Morgan fingerprint density at radius 2 is 1.79 bits per heavy atom. The molecule has 0 aliphatic heterocycles. The third-order valence-corrected chi connectivity index (χ3v) is 5.88. The zero-order valence-corrected chi connectivity index (χ0v) is 17.2. The van der Waals surface area contributed by atoms with Gasteiger partial charge in [0.2, 0.25) is 0 Å². The Balaban J connectivity index is 2.51. The number of carbonyl (C=O) groups is 1. The third-order valence-electron chi connectivity index (χ3n) is 4.09. The molecule has 0 spiro atoms. The van der Waals surface area contributed by atoms with Crippen molar-refractivity contribution < 1.29 is 22.7 Å². The molecule has 0 radical (unpaired) electrons. The number of benzene rings is 2. The number of nitrogens with zero attached hydrogens (tertiary/aromatic N) is 1. The van der Waals surface area contributed by atoms with Gasteiger partial charge < -0.3 is 9.47 Å². The molecule has 0 bridgehead atoms. The number of esters is 1. The summed E-state index contributed by atoms with van der Waals surface area (Å²) in [6, 6.07) is 11.1. The van der Waals surface area contributed by atoms with Crippen LogP contribution < -0.4 is 9.04 Å². The van der Waals surface area contributed by atoms with E-state index in [2.05, 4.69) is 6.58 Å². The molecule has 6 nitrogen and oxygen atoms in total. The molecule has 0 aliphatic rings. The minimum absolute atomic E-state index is 0.0582. The average Bonchev–Trinajstić information content (AvgIpc) is 2.67. The topological polar surface area (TPSA) is 72.9 Å². The summed E-state index contributed by atoms with van der Waals surface area (Å²) < 4.78 is 38.2. The number of sulfonamides is 1. The molecule has 0 fully saturated rings. The van der Waals surface area contributed by atoms with Crippen LogP contribution in [0.5, 0.6) is 5.75 Å². The van der Waals surface area contributed by atoms with Crippen LogP contribution in [-0.2, 0) is 14.8 Å². The Bertz CT molecular complexity index is 936. The van der Waals surface area contributed by atoms with Crippen molar-refractivity contribution in [1.29, 1.82) is 0 Å². The van der Waals surface area contributed by atoms with Gasteiger partial charge in [-0.15, -0.1) is 6.58 Å². The fraction of sp³-hybridized carbons (Fsp3) is 0.286. The van der Waals surface area contributed by atoms with Crippen LogP contribution in [0.3, 0.4) is 0 Å². The lowest BCUT2D eigenvalue weighted by Crippen LogP contribution is -2.32. The van der Waals surface area contributed by atoms with Crippen LogP contribution >= 0.6 is 0 Å². The van der Waals surface area contributed by atoms with Crippen molar-refractivity contribution >= 4 is 21.7 Å². The van der Waals surface area contributed by atoms with E-state index in [4.69, 9.17) is 9.47 Å². The van der Waals surface area contributed by atoms with Gasteiger partial charge in [-0.1, -0.05) is 12.1 Å². The molecular formula is C21H25NO5S. The molecule has 7 heteroatoms. The van der Waals surface area contributed by atoms with Crippen LogP contribution in [-0.4, -0.2) is 34.1 Å². The smallest absolute Gasteiger partial charge is 0.338 e. The first-order valence-corrected chi connectivity index (χ1v) is 10.4. The van der Waals surface area contributed by atoms with Gasteiger partial charge >= 0.3 is 5.97 Å². The molecule has 0 atom stereocenters. The van der Waals surface area contributed by atoms with Crippen LogP contribution in [0.4, 0.5) is 5.69 Å². The van der Waals surface area contributed by atoms with Gasteiger partial charge in [0.15, 0.2) is 0 Å². The van der Waals surface area contributed by atoms with Gasteiger partial charge in [-0.05, 0) is 62.7 Å². The molecule has 28 heavy (non-hydrogen) atoms. The molecule has 0 aliphatic carbocycles. The Morgan fingerprint density at radius 3 is 2.36 bits per heavy atom. The lowest BCUT2D eigenvalue weighted by atomic mass is 10.1. The zero-order valence-electron chi connectivity index (χ0n) is 16.3. The van der Waals surface area contributed by atoms with E-state index in [1.807, 2.05) is 6.92 Å². The van der Waals surface area contributed by atoms with Crippen molar-refractivity contribution in [3.63, 3.8) is 0 Å². The average molecular weight is 404 g/mol. The highest BCUT2D eigenvalue weighted by Gasteiger charge is 2.27. The molecule has 150 valence electrons. The minimum Gasteiger partial charge on any atom is -0.494 e. The fourth-order valence-electron chi connectivity index (χ4n) is 2.77. The summed E-state index contributed by atoms with van der Waals surface area (Å²) in [7, 11) is -3.87. The highest BCUT2D eigenvalue weighted by Crippen LogP contribution is 2.30. The van der Waals surface area contributed by atoms with Gasteiger partial charge in [-0.2, -0.15) is 0 Å². The Labute approximate surface area is 166 Å². The van der Waals surface area contributed by atoms with Crippen LogP contribution in [0.25, 0.3) is 0 Å². The maximum absolute atomic E-state index is 13.3. The molecule has 2 rings (SSSR count). The molecule has 0 saturated carbocycles. The zero-order chi connectivity index (χ0) is 20.7. The van der Waals surface area contributed by atoms with E-state index in [0.29, 0.717) is 29.2 Å². The summed E-state index contributed by atoms with van der Waals surface area (Å²) in [5.41, 5.74) is 1.26. The highest BCUT2D eigenvalue weighted by atomic mass is 32.2. The molecule has 2 aromatic carbocycles. The molecule has 0 unspecified atom stereocenters. The lowest BCUT2D eigenvalue weighted by Gasteiger charge is -2.25. The van der Waals surface area contributed by atoms with Crippen LogP contribution in [0.2, 0.25) is 0 Å². The number of carbonyl (C=O) groups excluding carboxylic acids is 1. The molecule has 0 saturated heterocycles. The Hall–Kier alpha value is -2.80. The molecular weight excluding hydrogens is 378 g/mol. The number of ether oxygens (including phenoxy) is 2. The Kier molecular flexibility index (Phi) is 7.23. The molecule has 0 amide bonds. The lowest BCUT2D eigenvalue weighted by molar-refractivity contribution is 0.0525. The number of hydrogen-bond acceptors (Lipinski definition) is 5. The van der Waals surface area contributed by atoms with E-state index >= 15 is 0 Å². The van der Waals surface area contributed by atoms with Gasteiger partial charge in [-0.3, -0.25) is 4.31 Å². The van der Waals surface area contributed by atoms with E-state index in [-0.39, 0.29) is 18.0 Å². The SMILES string of the molecule is C=CCN(c1cccc(C(=O)OCC)c1C)S(=O)(=O)c1ccc(OCC)cc1. The van der Waals surface area contributed by atoms with E-state index in [9.17, 15) is 13.2 Å². The summed E-state index contributed by atoms with van der Waals surface area (Å²) in [5, 5.41) is 0. The normalized spacial score (nSPS) is 11.0. The first kappa shape index (κ1) is 21.5. The number of rotatable bonds is 9. The van der Waals surface area contributed by atoms with Crippen molar-refractivity contribution in [3.05, 3.63) is 66.2 Å². The monoisotopic (exact) mass is 403 g/mol. The summed E-state index contributed by atoms with van der Waals surface area (Å²) in [5.74, 6) is 0.107. The number of anilines is 1. The summed E-state index contributed by atoms with van der Waals surface area (Å²) in [4.78, 5) is 12.3. The number of hydrogen-bond donors (Lipinski definition) is 0. The second kappa shape index (κ2) is 9.41. The largest absolute Gasteiger partial charge is 0.494 e. The molecule has 2 aromatic rings. The third kappa shape index (κ3) is 4.54. The van der Waals surface area contributed by atoms with Crippen molar-refractivity contribution in [2.75, 3.05) is 24.1 Å². The summed E-state index contributed by atoms with van der Waals surface area (Å²) >= 11 is 0. The highest BCUT2D eigenvalue weighted by molar-refractivity contribution is 7.92. The van der Waals surface area contributed by atoms with E-state index in [1.54, 1.807) is 44.2 Å². The predicted octanol–water partition coefficient (Wildman–Crippen LogP) is 3.95. The van der Waals surface area contributed by atoms with Gasteiger partial charge in [0.05, 0.1) is 35.9 Å². The van der Waals surface area contributed by atoms with Crippen molar-refractivity contribution in [2.24, 2.45) is 0 Å². The van der Waals surface area contributed by atoms with Crippen molar-refractivity contribution in [3.8, 4) is 5.75 Å². The maximum atomic E-state index is 13.3. The van der Waals surface area contributed by atoms with Crippen molar-refractivity contribution in [2.45, 2.75) is 25.7 Å². The maximum Gasteiger partial charge on any atom is 0.338 e. The predicted molar refractivity (Wildman–Crippen MR) is 109 cm³/mol. The van der Waals surface area contributed by atoms with Gasteiger partial charge in [0, 0.05) is 0 Å². The Morgan fingerprint density at radius 1 is 1.11 bits per heavy atom. The first-order chi connectivity index (χ1) is 13.4. The van der Waals surface area contributed by atoms with Crippen molar-refractivity contribution in [1.82, 2.24) is 0 Å². The van der Waals surface area contributed by atoms with E-state index in [0.717, 1.165) is 0 Å². The quantitative estimate of drug-likeness (QED) is 0.468. The second-order valence-corrected chi connectivity index (χ2v) is 7.76. The van der Waals surface area contributed by atoms with E-state index in [1.165, 1.54) is 22.5 Å².